The van der Waals surface area contributed by atoms with Crippen LogP contribution in [0.1, 0.15) is 20.7 Å². The number of aromatic nitrogens is 2. The van der Waals surface area contributed by atoms with Crippen LogP contribution < -0.4 is 10.6 Å². The summed E-state index contributed by atoms with van der Waals surface area (Å²) in [6.07, 6.45) is 3.23. The molecular weight excluding hydrogens is 376 g/mol. The summed E-state index contributed by atoms with van der Waals surface area (Å²) in [7, 11) is 0. The van der Waals surface area contributed by atoms with Crippen molar-refractivity contribution >= 4 is 23.2 Å². The van der Waals surface area contributed by atoms with Crippen LogP contribution >= 0.6 is 0 Å². The van der Waals surface area contributed by atoms with E-state index in [1.807, 2.05) is 12.1 Å². The molecule has 2 aromatic heterocycles. The van der Waals surface area contributed by atoms with Gasteiger partial charge in [-0.2, -0.15) is 0 Å². The van der Waals surface area contributed by atoms with E-state index in [2.05, 4.69) is 20.6 Å². The lowest BCUT2D eigenvalue weighted by Crippen LogP contribution is -2.15. The highest BCUT2D eigenvalue weighted by Crippen LogP contribution is 2.30. The minimum atomic E-state index is -0.254. The number of hydrogen-bond acceptors (Lipinski definition) is 4. The van der Waals surface area contributed by atoms with Crippen molar-refractivity contribution in [3.63, 3.8) is 0 Å². The summed E-state index contributed by atoms with van der Waals surface area (Å²) in [5.74, 6) is -0.508. The molecule has 0 aliphatic carbocycles. The first-order valence-corrected chi connectivity index (χ1v) is 9.35. The monoisotopic (exact) mass is 394 g/mol. The first-order chi connectivity index (χ1) is 14.7. The van der Waals surface area contributed by atoms with E-state index in [4.69, 9.17) is 0 Å². The van der Waals surface area contributed by atoms with Crippen LogP contribution in [0.5, 0.6) is 0 Å². The Kier molecular flexibility index (Phi) is 5.57. The maximum atomic E-state index is 12.6. The zero-order chi connectivity index (χ0) is 20.8. The third-order valence-electron chi connectivity index (χ3n) is 4.41. The van der Waals surface area contributed by atoms with Gasteiger partial charge in [0.05, 0.1) is 11.4 Å². The molecule has 0 radical (unpaired) electrons. The summed E-state index contributed by atoms with van der Waals surface area (Å²) in [6.45, 7) is 0. The van der Waals surface area contributed by atoms with E-state index in [0.717, 1.165) is 0 Å². The van der Waals surface area contributed by atoms with Gasteiger partial charge in [-0.25, -0.2) is 0 Å². The number of anilines is 2. The van der Waals surface area contributed by atoms with Crippen LogP contribution in [-0.2, 0) is 0 Å². The molecule has 6 nitrogen and oxygen atoms in total. The molecule has 0 atom stereocenters. The van der Waals surface area contributed by atoms with E-state index in [0.29, 0.717) is 33.9 Å². The van der Waals surface area contributed by atoms with E-state index < -0.39 is 0 Å². The summed E-state index contributed by atoms with van der Waals surface area (Å²) in [5.41, 5.74) is 2.99. The first kappa shape index (κ1) is 19.0. The lowest BCUT2D eigenvalue weighted by molar-refractivity contribution is 0.101. The van der Waals surface area contributed by atoms with Crippen LogP contribution in [0.25, 0.3) is 11.4 Å². The molecule has 0 fully saturated rings. The van der Waals surface area contributed by atoms with Crippen LogP contribution in [-0.4, -0.2) is 21.8 Å². The number of nitrogens with zero attached hydrogens (tertiary/aromatic N) is 2. The Morgan fingerprint density at radius 3 is 1.33 bits per heavy atom. The summed E-state index contributed by atoms with van der Waals surface area (Å²) >= 11 is 0. The Bertz CT molecular complexity index is 1080. The Morgan fingerprint density at radius 2 is 0.933 bits per heavy atom. The number of amides is 2. The standard InChI is InChI=1S/C24H18N4O2/c29-23(17-9-3-1-4-10-17)27-19-13-7-15-25-21(19)22-20(14-8-16-26-22)28-24(30)18-11-5-2-6-12-18/h1-16H,(H,27,29)(H,28,30). The van der Waals surface area contributed by atoms with Crippen molar-refractivity contribution in [3.05, 3.63) is 108 Å². The number of nitrogens with one attached hydrogen (secondary N) is 2. The summed E-state index contributed by atoms with van der Waals surface area (Å²) < 4.78 is 0. The maximum absolute atomic E-state index is 12.6. The molecule has 0 aliphatic rings. The van der Waals surface area contributed by atoms with Gasteiger partial charge < -0.3 is 10.6 Å². The number of hydrogen-bond donors (Lipinski definition) is 2. The van der Waals surface area contributed by atoms with Crippen molar-refractivity contribution in [1.29, 1.82) is 0 Å². The molecular formula is C24H18N4O2. The number of benzene rings is 2. The fourth-order valence-electron chi connectivity index (χ4n) is 2.96. The second kappa shape index (κ2) is 8.79. The van der Waals surface area contributed by atoms with Crippen molar-refractivity contribution in [1.82, 2.24) is 9.97 Å². The molecule has 6 heteroatoms. The molecule has 4 aromatic rings. The third kappa shape index (κ3) is 4.23. The number of carbonyl (C=O) groups excluding carboxylic acids is 2. The largest absolute Gasteiger partial charge is 0.320 e. The Hall–Kier alpha value is -4.32. The average molecular weight is 394 g/mol. The Balaban J connectivity index is 1.65. The van der Waals surface area contributed by atoms with Gasteiger partial charge in [0.25, 0.3) is 11.8 Å². The lowest BCUT2D eigenvalue weighted by atomic mass is 10.1. The molecule has 146 valence electrons. The van der Waals surface area contributed by atoms with Gasteiger partial charge in [0.2, 0.25) is 0 Å². The smallest absolute Gasteiger partial charge is 0.255 e. The fraction of sp³-hybridized carbons (Fsp3) is 0. The number of rotatable bonds is 5. The predicted molar refractivity (Wildman–Crippen MR) is 116 cm³/mol. The zero-order valence-corrected chi connectivity index (χ0v) is 15.9. The van der Waals surface area contributed by atoms with Gasteiger partial charge >= 0.3 is 0 Å². The predicted octanol–water partition coefficient (Wildman–Crippen LogP) is 4.65. The van der Waals surface area contributed by atoms with E-state index in [1.54, 1.807) is 85.2 Å². The molecule has 0 saturated heterocycles. The van der Waals surface area contributed by atoms with Gasteiger partial charge in [-0.3, -0.25) is 19.6 Å². The average Bonchev–Trinajstić information content (AvgIpc) is 2.81. The first-order valence-electron chi connectivity index (χ1n) is 9.35. The van der Waals surface area contributed by atoms with Crippen molar-refractivity contribution in [3.8, 4) is 11.4 Å². The summed E-state index contributed by atoms with van der Waals surface area (Å²) in [5, 5.41) is 5.77. The molecule has 0 saturated carbocycles. The van der Waals surface area contributed by atoms with Gasteiger partial charge in [-0.05, 0) is 48.5 Å². The molecule has 30 heavy (non-hydrogen) atoms. The van der Waals surface area contributed by atoms with Gasteiger partial charge in [0, 0.05) is 23.5 Å². The normalized spacial score (nSPS) is 10.3. The maximum Gasteiger partial charge on any atom is 0.255 e. The number of pyridine rings is 2. The van der Waals surface area contributed by atoms with Crippen LogP contribution in [0.3, 0.4) is 0 Å². The summed E-state index contributed by atoms with van der Waals surface area (Å²) in [4.78, 5) is 34.0. The third-order valence-corrected chi connectivity index (χ3v) is 4.41. The highest BCUT2D eigenvalue weighted by molar-refractivity contribution is 6.08. The van der Waals surface area contributed by atoms with Crippen LogP contribution in [0, 0.1) is 0 Å². The molecule has 0 unspecified atom stereocenters. The van der Waals surface area contributed by atoms with E-state index in [9.17, 15) is 9.59 Å². The molecule has 2 N–H and O–H groups in total. The Labute approximate surface area is 173 Å². The van der Waals surface area contributed by atoms with E-state index in [1.165, 1.54) is 0 Å². The van der Waals surface area contributed by atoms with Crippen LogP contribution in [0.4, 0.5) is 11.4 Å². The second-order valence-corrected chi connectivity index (χ2v) is 6.44. The number of carbonyl (C=O) groups is 2. The molecule has 0 bridgehead atoms. The van der Waals surface area contributed by atoms with E-state index in [-0.39, 0.29) is 11.8 Å². The van der Waals surface area contributed by atoms with Crippen molar-refractivity contribution in [2.75, 3.05) is 10.6 Å². The lowest BCUT2D eigenvalue weighted by Gasteiger charge is -2.13. The zero-order valence-electron chi connectivity index (χ0n) is 15.9. The van der Waals surface area contributed by atoms with Crippen molar-refractivity contribution < 1.29 is 9.59 Å². The fourth-order valence-corrected chi connectivity index (χ4v) is 2.96. The summed E-state index contributed by atoms with van der Waals surface area (Å²) in [6, 6.07) is 24.8. The topological polar surface area (TPSA) is 84.0 Å². The van der Waals surface area contributed by atoms with Crippen LogP contribution in [0.15, 0.2) is 97.3 Å². The molecule has 0 spiro atoms. The molecule has 0 aliphatic heterocycles. The van der Waals surface area contributed by atoms with Crippen LogP contribution in [0.2, 0.25) is 0 Å². The molecule has 2 amide bonds. The quantitative estimate of drug-likeness (QED) is 0.516. The molecule has 4 rings (SSSR count). The Morgan fingerprint density at radius 1 is 0.533 bits per heavy atom. The second-order valence-electron chi connectivity index (χ2n) is 6.44. The van der Waals surface area contributed by atoms with Gasteiger partial charge in [-0.15, -0.1) is 0 Å². The highest BCUT2D eigenvalue weighted by Gasteiger charge is 2.16. The minimum absolute atomic E-state index is 0.254. The van der Waals surface area contributed by atoms with Crippen molar-refractivity contribution in [2.24, 2.45) is 0 Å². The van der Waals surface area contributed by atoms with Crippen molar-refractivity contribution in [2.45, 2.75) is 0 Å². The minimum Gasteiger partial charge on any atom is -0.320 e. The van der Waals surface area contributed by atoms with Gasteiger partial charge in [0.1, 0.15) is 11.4 Å². The van der Waals surface area contributed by atoms with Gasteiger partial charge in [-0.1, -0.05) is 36.4 Å². The molecule has 2 aromatic carbocycles. The highest BCUT2D eigenvalue weighted by atomic mass is 16.2. The SMILES string of the molecule is O=C(Nc1cccnc1-c1ncccc1NC(=O)c1ccccc1)c1ccccc1. The van der Waals surface area contributed by atoms with E-state index >= 15 is 0 Å². The van der Waals surface area contributed by atoms with Gasteiger partial charge in [0.15, 0.2) is 0 Å². The molecule has 2 heterocycles.